The molecule has 0 radical (unpaired) electrons. The molecule has 2 unspecified atom stereocenters. The van der Waals surface area contributed by atoms with E-state index in [0.29, 0.717) is 25.6 Å². The Kier molecular flexibility index (Phi) is 5.38. The number of hydrogen-bond donors (Lipinski definition) is 2. The maximum Gasteiger partial charge on any atom is 0.0765 e. The van der Waals surface area contributed by atoms with Crippen molar-refractivity contribution in [2.45, 2.75) is 57.3 Å². The van der Waals surface area contributed by atoms with Crippen LogP contribution in [0.5, 0.6) is 0 Å². The van der Waals surface area contributed by atoms with Crippen molar-refractivity contribution < 1.29 is 14.6 Å². The summed E-state index contributed by atoms with van der Waals surface area (Å²) in [7, 11) is 1.66. The summed E-state index contributed by atoms with van der Waals surface area (Å²) < 4.78 is 10.7. The van der Waals surface area contributed by atoms with Gasteiger partial charge in [-0.15, -0.1) is 0 Å². The first-order chi connectivity index (χ1) is 7.85. The Morgan fingerprint density at radius 2 is 2.24 bits per heavy atom. The molecule has 1 heterocycles. The van der Waals surface area contributed by atoms with Gasteiger partial charge in [-0.25, -0.2) is 0 Å². The van der Waals surface area contributed by atoms with Crippen LogP contribution in [0.1, 0.15) is 40.0 Å². The molecule has 0 aromatic heterocycles. The lowest BCUT2D eigenvalue weighted by Crippen LogP contribution is -2.48. The van der Waals surface area contributed by atoms with Crippen molar-refractivity contribution in [1.29, 1.82) is 0 Å². The molecule has 1 saturated heterocycles. The Morgan fingerprint density at radius 3 is 2.82 bits per heavy atom. The van der Waals surface area contributed by atoms with Gasteiger partial charge in [-0.3, -0.25) is 0 Å². The van der Waals surface area contributed by atoms with Gasteiger partial charge < -0.3 is 19.9 Å². The van der Waals surface area contributed by atoms with Crippen LogP contribution in [-0.2, 0) is 9.47 Å². The van der Waals surface area contributed by atoms with Crippen LogP contribution in [0.2, 0.25) is 0 Å². The maximum absolute atomic E-state index is 10.1. The molecular weight excluding hydrogens is 218 g/mol. The van der Waals surface area contributed by atoms with Crippen LogP contribution in [-0.4, -0.2) is 49.2 Å². The van der Waals surface area contributed by atoms with Crippen molar-refractivity contribution in [2.24, 2.45) is 0 Å². The Balaban J connectivity index is 2.29. The Labute approximate surface area is 105 Å². The molecule has 0 saturated carbocycles. The minimum Gasteiger partial charge on any atom is -0.389 e. The maximum atomic E-state index is 10.1. The second-order valence-corrected chi connectivity index (χ2v) is 5.92. The first-order valence-corrected chi connectivity index (χ1v) is 6.43. The first-order valence-electron chi connectivity index (χ1n) is 6.43. The van der Waals surface area contributed by atoms with Crippen LogP contribution in [0.3, 0.4) is 0 Å². The summed E-state index contributed by atoms with van der Waals surface area (Å²) in [5.74, 6) is 0. The molecule has 1 aliphatic rings. The summed E-state index contributed by atoms with van der Waals surface area (Å²) in [5.41, 5.74) is -0.743. The predicted octanol–water partition coefficient (Wildman–Crippen LogP) is 1.32. The van der Waals surface area contributed by atoms with E-state index in [9.17, 15) is 5.11 Å². The SMILES string of the molecule is COCCC(C)(O)CNC1CCOC(C)(C)C1. The quantitative estimate of drug-likeness (QED) is 0.741. The van der Waals surface area contributed by atoms with Crippen LogP contribution in [0, 0.1) is 0 Å². The number of methoxy groups -OCH3 is 1. The molecule has 4 heteroatoms. The highest BCUT2D eigenvalue weighted by atomic mass is 16.5. The summed E-state index contributed by atoms with van der Waals surface area (Å²) in [6, 6.07) is 0.438. The highest BCUT2D eigenvalue weighted by Crippen LogP contribution is 2.24. The number of aliphatic hydroxyl groups is 1. The van der Waals surface area contributed by atoms with Crippen molar-refractivity contribution >= 4 is 0 Å². The summed E-state index contributed by atoms with van der Waals surface area (Å²) >= 11 is 0. The molecule has 2 atom stereocenters. The lowest BCUT2D eigenvalue weighted by Gasteiger charge is -2.37. The molecule has 0 spiro atoms. The molecular formula is C13H27NO3. The number of rotatable bonds is 6. The first kappa shape index (κ1) is 14.9. The summed E-state index contributed by atoms with van der Waals surface area (Å²) in [5, 5.41) is 13.6. The monoisotopic (exact) mass is 245 g/mol. The Hall–Kier alpha value is -0.160. The zero-order valence-electron chi connectivity index (χ0n) is 11.6. The Bertz CT molecular complexity index is 229. The molecule has 17 heavy (non-hydrogen) atoms. The van der Waals surface area contributed by atoms with Gasteiger partial charge >= 0.3 is 0 Å². The molecule has 1 rings (SSSR count). The topological polar surface area (TPSA) is 50.7 Å². The van der Waals surface area contributed by atoms with Gasteiger partial charge in [-0.05, 0) is 33.6 Å². The van der Waals surface area contributed by atoms with E-state index in [2.05, 4.69) is 19.2 Å². The van der Waals surface area contributed by atoms with E-state index in [0.717, 1.165) is 19.4 Å². The molecule has 0 bridgehead atoms. The van der Waals surface area contributed by atoms with Gasteiger partial charge in [-0.2, -0.15) is 0 Å². The normalized spacial score (nSPS) is 27.7. The number of ether oxygens (including phenoxy) is 2. The molecule has 4 nitrogen and oxygen atoms in total. The van der Waals surface area contributed by atoms with E-state index in [1.54, 1.807) is 7.11 Å². The van der Waals surface area contributed by atoms with Gasteiger partial charge in [0.2, 0.25) is 0 Å². The van der Waals surface area contributed by atoms with Gasteiger partial charge in [0, 0.05) is 39.3 Å². The van der Waals surface area contributed by atoms with Crippen molar-refractivity contribution in [1.82, 2.24) is 5.32 Å². The summed E-state index contributed by atoms with van der Waals surface area (Å²) in [4.78, 5) is 0. The van der Waals surface area contributed by atoms with Crippen LogP contribution in [0.4, 0.5) is 0 Å². The van der Waals surface area contributed by atoms with E-state index in [4.69, 9.17) is 9.47 Å². The van der Waals surface area contributed by atoms with E-state index < -0.39 is 5.60 Å². The van der Waals surface area contributed by atoms with E-state index in [1.807, 2.05) is 6.92 Å². The van der Waals surface area contributed by atoms with E-state index >= 15 is 0 Å². The molecule has 0 aliphatic carbocycles. The van der Waals surface area contributed by atoms with Crippen LogP contribution < -0.4 is 5.32 Å². The van der Waals surface area contributed by atoms with Crippen molar-refractivity contribution in [3.8, 4) is 0 Å². The number of hydrogen-bond acceptors (Lipinski definition) is 4. The average Bonchev–Trinajstić information content (AvgIpc) is 2.23. The van der Waals surface area contributed by atoms with Gasteiger partial charge in [-0.1, -0.05) is 0 Å². The third kappa shape index (κ3) is 5.82. The fourth-order valence-corrected chi connectivity index (χ4v) is 2.18. The van der Waals surface area contributed by atoms with Crippen molar-refractivity contribution in [2.75, 3.05) is 26.9 Å². The molecule has 102 valence electrons. The van der Waals surface area contributed by atoms with Crippen molar-refractivity contribution in [3.05, 3.63) is 0 Å². The molecule has 0 aromatic rings. The molecule has 0 amide bonds. The summed E-state index contributed by atoms with van der Waals surface area (Å²) in [6.45, 7) is 8.08. The second kappa shape index (κ2) is 6.14. The minimum atomic E-state index is -0.696. The third-order valence-corrected chi connectivity index (χ3v) is 3.31. The standard InChI is InChI=1S/C13H27NO3/c1-12(2)9-11(5-7-17-12)14-10-13(3,15)6-8-16-4/h11,14-15H,5-10H2,1-4H3. The second-order valence-electron chi connectivity index (χ2n) is 5.92. The van der Waals surface area contributed by atoms with E-state index in [-0.39, 0.29) is 5.60 Å². The fraction of sp³-hybridized carbons (Fsp3) is 1.00. The molecule has 1 aliphatic heterocycles. The predicted molar refractivity (Wildman–Crippen MR) is 68.2 cm³/mol. The molecule has 2 N–H and O–H groups in total. The Morgan fingerprint density at radius 1 is 1.53 bits per heavy atom. The minimum absolute atomic E-state index is 0.0473. The van der Waals surface area contributed by atoms with Crippen molar-refractivity contribution in [3.63, 3.8) is 0 Å². The van der Waals surface area contributed by atoms with Gasteiger partial charge in [0.1, 0.15) is 0 Å². The highest BCUT2D eigenvalue weighted by molar-refractivity contribution is 4.85. The van der Waals surface area contributed by atoms with E-state index in [1.165, 1.54) is 0 Å². The number of nitrogens with one attached hydrogen (secondary N) is 1. The molecule has 1 fully saturated rings. The lowest BCUT2D eigenvalue weighted by atomic mass is 9.93. The zero-order valence-corrected chi connectivity index (χ0v) is 11.6. The van der Waals surface area contributed by atoms with Gasteiger partial charge in [0.25, 0.3) is 0 Å². The van der Waals surface area contributed by atoms with Gasteiger partial charge in [0.05, 0.1) is 11.2 Å². The third-order valence-electron chi connectivity index (χ3n) is 3.31. The van der Waals surface area contributed by atoms with Crippen LogP contribution in [0.25, 0.3) is 0 Å². The highest BCUT2D eigenvalue weighted by Gasteiger charge is 2.30. The summed E-state index contributed by atoms with van der Waals surface area (Å²) in [6.07, 6.45) is 2.67. The zero-order chi connectivity index (χ0) is 12.9. The smallest absolute Gasteiger partial charge is 0.0765 e. The van der Waals surface area contributed by atoms with Crippen LogP contribution in [0.15, 0.2) is 0 Å². The average molecular weight is 245 g/mol. The fourth-order valence-electron chi connectivity index (χ4n) is 2.18. The lowest BCUT2D eigenvalue weighted by molar-refractivity contribution is -0.0665. The largest absolute Gasteiger partial charge is 0.389 e. The van der Waals surface area contributed by atoms with Crippen LogP contribution >= 0.6 is 0 Å². The van der Waals surface area contributed by atoms with Gasteiger partial charge in [0.15, 0.2) is 0 Å². The molecule has 0 aromatic carbocycles.